The fourth-order valence-corrected chi connectivity index (χ4v) is 3.02. The lowest BCUT2D eigenvalue weighted by atomic mass is 9.84. The maximum atomic E-state index is 11.0. The predicted octanol–water partition coefficient (Wildman–Crippen LogP) is 3.08. The van der Waals surface area contributed by atoms with E-state index in [0.717, 1.165) is 37.9 Å². The van der Waals surface area contributed by atoms with Crippen molar-refractivity contribution in [3.63, 3.8) is 0 Å². The summed E-state index contributed by atoms with van der Waals surface area (Å²) < 4.78 is 0. The fraction of sp³-hybridized carbons (Fsp3) is 0.625. The van der Waals surface area contributed by atoms with Gasteiger partial charge in [0.15, 0.2) is 0 Å². The second kappa shape index (κ2) is 5.41. The molecular formula is C16H25NO. The Bertz CT molecular complexity index is 402. The number of aryl methyl sites for hydroxylation is 1. The second-order valence-electron chi connectivity index (χ2n) is 5.83. The molecule has 0 amide bonds. The topological polar surface area (TPSA) is 23.5 Å². The lowest BCUT2D eigenvalue weighted by Crippen LogP contribution is -2.33. The molecule has 0 aromatic heterocycles. The largest absolute Gasteiger partial charge is 0.385 e. The summed E-state index contributed by atoms with van der Waals surface area (Å²) in [7, 11) is 0. The van der Waals surface area contributed by atoms with Crippen LogP contribution in [0.25, 0.3) is 0 Å². The normalized spacial score (nSPS) is 26.3. The Balaban J connectivity index is 2.19. The molecule has 1 aromatic carbocycles. The highest BCUT2D eigenvalue weighted by Gasteiger charge is 2.33. The average Bonchev–Trinajstić information content (AvgIpc) is 2.52. The van der Waals surface area contributed by atoms with Crippen molar-refractivity contribution in [2.75, 3.05) is 13.1 Å². The Labute approximate surface area is 111 Å². The van der Waals surface area contributed by atoms with E-state index in [1.54, 1.807) is 0 Å². The molecule has 0 bridgehead atoms. The number of nitrogens with zero attached hydrogens (tertiary/aromatic N) is 1. The summed E-state index contributed by atoms with van der Waals surface area (Å²) in [6.45, 7) is 8.66. The first-order valence-corrected chi connectivity index (χ1v) is 7.05. The number of benzene rings is 1. The summed E-state index contributed by atoms with van der Waals surface area (Å²) in [5.74, 6) is 0. The van der Waals surface area contributed by atoms with Crippen molar-refractivity contribution in [2.24, 2.45) is 0 Å². The average molecular weight is 247 g/mol. The molecule has 1 atom stereocenters. The molecule has 1 N–H and O–H groups in total. The van der Waals surface area contributed by atoms with Gasteiger partial charge in [0.05, 0.1) is 5.60 Å². The van der Waals surface area contributed by atoms with Crippen LogP contribution in [0.1, 0.15) is 44.2 Å². The number of hydrogen-bond donors (Lipinski definition) is 1. The smallest absolute Gasteiger partial charge is 0.0911 e. The van der Waals surface area contributed by atoms with Crippen molar-refractivity contribution in [2.45, 2.75) is 51.7 Å². The molecular weight excluding hydrogens is 222 g/mol. The fourth-order valence-electron chi connectivity index (χ4n) is 3.02. The first-order chi connectivity index (χ1) is 8.53. The van der Waals surface area contributed by atoms with Crippen LogP contribution in [0.15, 0.2) is 24.3 Å². The van der Waals surface area contributed by atoms with Gasteiger partial charge in [0.2, 0.25) is 0 Å². The van der Waals surface area contributed by atoms with Crippen molar-refractivity contribution >= 4 is 0 Å². The van der Waals surface area contributed by atoms with E-state index in [-0.39, 0.29) is 0 Å². The Morgan fingerprint density at radius 2 is 1.89 bits per heavy atom. The van der Waals surface area contributed by atoms with Crippen LogP contribution < -0.4 is 0 Å². The molecule has 1 heterocycles. The van der Waals surface area contributed by atoms with Crippen LogP contribution in [0.5, 0.6) is 0 Å². The minimum atomic E-state index is -0.630. The van der Waals surface area contributed by atoms with Crippen molar-refractivity contribution in [1.29, 1.82) is 0 Å². The van der Waals surface area contributed by atoms with E-state index in [1.165, 1.54) is 5.56 Å². The number of aliphatic hydroxyl groups is 1. The summed E-state index contributed by atoms with van der Waals surface area (Å²) in [6, 6.07) is 8.83. The molecule has 1 fully saturated rings. The predicted molar refractivity (Wildman–Crippen MR) is 75.6 cm³/mol. The minimum Gasteiger partial charge on any atom is -0.385 e. The van der Waals surface area contributed by atoms with Gasteiger partial charge in [-0.25, -0.2) is 0 Å². The van der Waals surface area contributed by atoms with Crippen molar-refractivity contribution in [3.05, 3.63) is 35.4 Å². The van der Waals surface area contributed by atoms with Gasteiger partial charge in [-0.2, -0.15) is 0 Å². The van der Waals surface area contributed by atoms with E-state index in [0.29, 0.717) is 6.04 Å². The van der Waals surface area contributed by atoms with E-state index in [9.17, 15) is 5.11 Å². The molecule has 2 nitrogen and oxygen atoms in total. The van der Waals surface area contributed by atoms with Gasteiger partial charge in [-0.3, -0.25) is 0 Å². The third kappa shape index (κ3) is 2.76. The van der Waals surface area contributed by atoms with Gasteiger partial charge in [0.25, 0.3) is 0 Å². The van der Waals surface area contributed by atoms with Gasteiger partial charge >= 0.3 is 0 Å². The van der Waals surface area contributed by atoms with Gasteiger partial charge < -0.3 is 10.0 Å². The second-order valence-corrected chi connectivity index (χ2v) is 5.83. The zero-order valence-electron chi connectivity index (χ0n) is 11.8. The standard InChI is InChI=1S/C16H25NO/c1-13(2)17-11-6-9-16(18,10-12-17)15-8-5-4-7-14(15)3/h4-5,7-8,13,18H,6,9-12H2,1-3H3. The maximum Gasteiger partial charge on any atom is 0.0911 e. The molecule has 0 radical (unpaired) electrons. The van der Waals surface area contributed by atoms with Crippen LogP contribution in [0.4, 0.5) is 0 Å². The zero-order chi connectivity index (χ0) is 13.2. The monoisotopic (exact) mass is 247 g/mol. The van der Waals surface area contributed by atoms with Crippen LogP contribution in [0.2, 0.25) is 0 Å². The summed E-state index contributed by atoms with van der Waals surface area (Å²) >= 11 is 0. The number of rotatable bonds is 2. The van der Waals surface area contributed by atoms with E-state index in [1.807, 2.05) is 12.1 Å². The van der Waals surface area contributed by atoms with Crippen molar-refractivity contribution < 1.29 is 5.11 Å². The Morgan fingerprint density at radius 3 is 2.56 bits per heavy atom. The summed E-state index contributed by atoms with van der Waals surface area (Å²) in [5, 5.41) is 11.0. The first-order valence-electron chi connectivity index (χ1n) is 7.05. The SMILES string of the molecule is Cc1ccccc1C1(O)CCCN(C(C)C)CC1. The van der Waals surface area contributed by atoms with Crippen LogP contribution in [-0.2, 0) is 5.60 Å². The number of likely N-dealkylation sites (tertiary alicyclic amines) is 1. The molecule has 0 spiro atoms. The summed E-state index contributed by atoms with van der Waals surface area (Å²) in [6.07, 6.45) is 2.79. The third-order valence-corrected chi connectivity index (χ3v) is 4.22. The van der Waals surface area contributed by atoms with Crippen LogP contribution in [0, 0.1) is 6.92 Å². The minimum absolute atomic E-state index is 0.573. The molecule has 0 aliphatic carbocycles. The Kier molecular flexibility index (Phi) is 4.08. The van der Waals surface area contributed by atoms with E-state index in [2.05, 4.69) is 37.8 Å². The van der Waals surface area contributed by atoms with Gasteiger partial charge in [0, 0.05) is 12.6 Å². The Morgan fingerprint density at radius 1 is 1.17 bits per heavy atom. The van der Waals surface area contributed by atoms with Gasteiger partial charge in [-0.15, -0.1) is 0 Å². The van der Waals surface area contributed by atoms with Crippen LogP contribution in [0.3, 0.4) is 0 Å². The first kappa shape index (κ1) is 13.6. The quantitative estimate of drug-likeness (QED) is 0.868. The summed E-state index contributed by atoms with van der Waals surface area (Å²) in [4.78, 5) is 2.47. The molecule has 1 aliphatic heterocycles. The molecule has 2 rings (SSSR count). The van der Waals surface area contributed by atoms with E-state index < -0.39 is 5.60 Å². The summed E-state index contributed by atoms with van der Waals surface area (Å²) in [5.41, 5.74) is 1.70. The highest BCUT2D eigenvalue weighted by atomic mass is 16.3. The third-order valence-electron chi connectivity index (χ3n) is 4.22. The molecule has 100 valence electrons. The van der Waals surface area contributed by atoms with Crippen LogP contribution >= 0.6 is 0 Å². The van der Waals surface area contributed by atoms with E-state index in [4.69, 9.17) is 0 Å². The van der Waals surface area contributed by atoms with Crippen molar-refractivity contribution in [1.82, 2.24) is 4.90 Å². The van der Waals surface area contributed by atoms with Crippen molar-refractivity contribution in [3.8, 4) is 0 Å². The Hall–Kier alpha value is -0.860. The van der Waals surface area contributed by atoms with Crippen LogP contribution in [-0.4, -0.2) is 29.1 Å². The number of hydrogen-bond acceptors (Lipinski definition) is 2. The molecule has 1 aliphatic rings. The van der Waals surface area contributed by atoms with Gasteiger partial charge in [-0.05, 0) is 57.7 Å². The molecule has 1 unspecified atom stereocenters. The molecule has 0 saturated carbocycles. The maximum absolute atomic E-state index is 11.0. The molecule has 2 heteroatoms. The molecule has 18 heavy (non-hydrogen) atoms. The zero-order valence-corrected chi connectivity index (χ0v) is 11.8. The molecule has 1 saturated heterocycles. The van der Waals surface area contributed by atoms with Gasteiger partial charge in [0.1, 0.15) is 0 Å². The lowest BCUT2D eigenvalue weighted by molar-refractivity contribution is 0.0198. The highest BCUT2D eigenvalue weighted by Crippen LogP contribution is 2.34. The molecule has 1 aromatic rings. The lowest BCUT2D eigenvalue weighted by Gasteiger charge is -2.29. The van der Waals surface area contributed by atoms with E-state index >= 15 is 0 Å². The van der Waals surface area contributed by atoms with Gasteiger partial charge in [-0.1, -0.05) is 24.3 Å². The highest BCUT2D eigenvalue weighted by molar-refractivity contribution is 5.31.